The van der Waals surface area contributed by atoms with Crippen molar-refractivity contribution in [3.05, 3.63) is 84.9 Å². The average molecular weight is 522 g/mol. The number of para-hydroxylation sites is 2. The second-order valence-electron chi connectivity index (χ2n) is 6.39. The van der Waals surface area contributed by atoms with Crippen molar-refractivity contribution in [3.8, 4) is 20.3 Å². The molecular formula is C22H16N6Se2. The Bertz CT molecular complexity index is 1160. The zero-order chi connectivity index (χ0) is 20.2. The van der Waals surface area contributed by atoms with Gasteiger partial charge in [-0.25, -0.2) is 0 Å². The number of anilines is 4. The topological polar surface area (TPSA) is 75.6 Å². The Balaban J connectivity index is 1.35. The molecule has 2 N–H and O–H groups in total. The summed E-state index contributed by atoms with van der Waals surface area (Å²) in [6.45, 7) is 0. The van der Waals surface area contributed by atoms with Gasteiger partial charge in [-0.05, 0) is 0 Å². The maximum atomic E-state index is 4.42. The molecule has 5 rings (SSSR count). The quantitative estimate of drug-likeness (QED) is 0.326. The van der Waals surface area contributed by atoms with Gasteiger partial charge < -0.3 is 0 Å². The van der Waals surface area contributed by atoms with E-state index < -0.39 is 0 Å². The van der Waals surface area contributed by atoms with E-state index in [0.29, 0.717) is 0 Å². The van der Waals surface area contributed by atoms with Crippen molar-refractivity contribution in [2.75, 3.05) is 10.6 Å². The minimum atomic E-state index is 0.0353. The van der Waals surface area contributed by atoms with Crippen LogP contribution in [0.2, 0.25) is 0 Å². The van der Waals surface area contributed by atoms with Gasteiger partial charge in [0.2, 0.25) is 0 Å². The Morgan fingerprint density at radius 1 is 0.500 bits per heavy atom. The molecule has 0 radical (unpaired) electrons. The fourth-order valence-electron chi connectivity index (χ4n) is 2.86. The van der Waals surface area contributed by atoms with Gasteiger partial charge in [0.15, 0.2) is 0 Å². The van der Waals surface area contributed by atoms with Crippen molar-refractivity contribution in [2.24, 2.45) is 0 Å². The first-order valence-electron chi connectivity index (χ1n) is 9.25. The molecule has 0 fully saturated rings. The Hall–Kier alpha value is -3.02. The predicted molar refractivity (Wildman–Crippen MR) is 122 cm³/mol. The molecule has 6 nitrogen and oxygen atoms in total. The Morgan fingerprint density at radius 2 is 0.967 bits per heavy atom. The molecule has 0 amide bonds. The molecule has 5 aromatic rings. The van der Waals surface area contributed by atoms with Gasteiger partial charge in [-0.2, -0.15) is 0 Å². The predicted octanol–water partition coefficient (Wildman–Crippen LogP) is 4.20. The Labute approximate surface area is 185 Å². The molecule has 8 heteroatoms. The van der Waals surface area contributed by atoms with Gasteiger partial charge in [0, 0.05) is 0 Å². The number of nitrogens with one attached hydrogen (secondary N) is 2. The monoisotopic (exact) mass is 524 g/mol. The summed E-state index contributed by atoms with van der Waals surface area (Å²) in [6.07, 6.45) is 0. The molecule has 3 aromatic carbocycles. The third-order valence-electron chi connectivity index (χ3n) is 4.26. The standard InChI is InChI=1S/C22H16N6Se2/c1-3-10-17(11-4-1)23-21-27-25-19(29-21)15-8-7-9-16(14-15)20-26-28-22(30-20)24-18-12-5-2-6-13-18/h1-14H,(H,23,27)(H,24,28). The second-order valence-corrected chi connectivity index (χ2v) is 10.5. The molecule has 2 heterocycles. The van der Waals surface area contributed by atoms with Crippen LogP contribution in [-0.2, 0) is 0 Å². The summed E-state index contributed by atoms with van der Waals surface area (Å²) >= 11 is 0.0707. The summed E-state index contributed by atoms with van der Waals surface area (Å²) in [5.41, 5.74) is 4.23. The van der Waals surface area contributed by atoms with Crippen molar-refractivity contribution >= 4 is 49.8 Å². The molecule has 0 aliphatic carbocycles. The van der Waals surface area contributed by atoms with Gasteiger partial charge >= 0.3 is 186 Å². The first-order chi connectivity index (χ1) is 14.8. The number of hydrogen-bond donors (Lipinski definition) is 2. The summed E-state index contributed by atoms with van der Waals surface area (Å²) in [5.74, 6) is 0. The summed E-state index contributed by atoms with van der Waals surface area (Å²) in [5, 5.41) is 24.2. The molecule has 0 bridgehead atoms. The third kappa shape index (κ3) is 4.42. The molecule has 30 heavy (non-hydrogen) atoms. The van der Waals surface area contributed by atoms with Crippen LogP contribution in [0.3, 0.4) is 0 Å². The number of benzene rings is 3. The van der Waals surface area contributed by atoms with E-state index in [4.69, 9.17) is 0 Å². The SMILES string of the molecule is c1ccc(Nc2nnc(-c3cccc(-c4nnc(Nc5ccccc5)[se]4)c3)[se]2)cc1. The Kier molecular flexibility index (Phi) is 5.55. The molecule has 0 unspecified atom stereocenters. The van der Waals surface area contributed by atoms with Crippen LogP contribution in [0.15, 0.2) is 84.9 Å². The number of rotatable bonds is 6. The van der Waals surface area contributed by atoms with Gasteiger partial charge in [0.05, 0.1) is 0 Å². The zero-order valence-corrected chi connectivity index (χ0v) is 19.1. The molecule has 0 saturated heterocycles. The summed E-state index contributed by atoms with van der Waals surface area (Å²) < 4.78 is 3.85. The molecular weight excluding hydrogens is 506 g/mol. The fourth-order valence-corrected chi connectivity index (χ4v) is 6.05. The van der Waals surface area contributed by atoms with Crippen molar-refractivity contribution in [1.82, 2.24) is 20.4 Å². The van der Waals surface area contributed by atoms with Crippen LogP contribution in [0.5, 0.6) is 0 Å². The van der Waals surface area contributed by atoms with E-state index in [1.54, 1.807) is 0 Å². The third-order valence-corrected chi connectivity index (χ3v) is 7.98. The van der Waals surface area contributed by atoms with E-state index in [2.05, 4.69) is 49.2 Å². The number of aromatic nitrogens is 4. The van der Waals surface area contributed by atoms with E-state index in [-0.39, 0.29) is 29.0 Å². The van der Waals surface area contributed by atoms with Gasteiger partial charge in [-0.1, -0.05) is 0 Å². The molecule has 2 aromatic heterocycles. The van der Waals surface area contributed by atoms with Gasteiger partial charge in [-0.3, -0.25) is 0 Å². The summed E-state index contributed by atoms with van der Waals surface area (Å²) in [4.78, 5) is 0. The normalized spacial score (nSPS) is 10.7. The van der Waals surface area contributed by atoms with Crippen molar-refractivity contribution in [3.63, 3.8) is 0 Å². The first kappa shape index (κ1) is 19.0. The fraction of sp³-hybridized carbons (Fsp3) is 0. The van der Waals surface area contributed by atoms with Crippen LogP contribution in [0.1, 0.15) is 0 Å². The molecule has 0 aliphatic heterocycles. The van der Waals surface area contributed by atoms with Gasteiger partial charge in [0.25, 0.3) is 0 Å². The average Bonchev–Trinajstić information content (AvgIpc) is 3.45. The zero-order valence-electron chi connectivity index (χ0n) is 15.7. The van der Waals surface area contributed by atoms with Crippen molar-refractivity contribution in [1.29, 1.82) is 0 Å². The molecule has 0 saturated carbocycles. The van der Waals surface area contributed by atoms with Crippen LogP contribution < -0.4 is 10.6 Å². The molecule has 146 valence electrons. The van der Waals surface area contributed by atoms with E-state index >= 15 is 0 Å². The van der Waals surface area contributed by atoms with Crippen molar-refractivity contribution in [2.45, 2.75) is 0 Å². The van der Waals surface area contributed by atoms with Crippen LogP contribution in [-0.4, -0.2) is 49.4 Å². The first-order valence-corrected chi connectivity index (χ1v) is 12.7. The van der Waals surface area contributed by atoms with Crippen LogP contribution in [0.4, 0.5) is 20.8 Å². The Morgan fingerprint density at radius 3 is 1.43 bits per heavy atom. The number of hydrogen-bond acceptors (Lipinski definition) is 6. The minimum absolute atomic E-state index is 0.0353. The van der Waals surface area contributed by atoms with E-state index in [1.807, 2.05) is 66.7 Å². The van der Waals surface area contributed by atoms with Crippen LogP contribution >= 0.6 is 0 Å². The number of nitrogens with zero attached hydrogens (tertiary/aromatic N) is 4. The van der Waals surface area contributed by atoms with E-state index in [1.165, 1.54) is 0 Å². The second kappa shape index (κ2) is 8.78. The van der Waals surface area contributed by atoms with Crippen LogP contribution in [0, 0.1) is 0 Å². The molecule has 0 atom stereocenters. The van der Waals surface area contributed by atoms with Gasteiger partial charge in [-0.15, -0.1) is 0 Å². The van der Waals surface area contributed by atoms with E-state index in [9.17, 15) is 0 Å². The molecule has 0 spiro atoms. The van der Waals surface area contributed by atoms with Crippen molar-refractivity contribution < 1.29 is 0 Å². The van der Waals surface area contributed by atoms with Gasteiger partial charge in [0.1, 0.15) is 0 Å². The summed E-state index contributed by atoms with van der Waals surface area (Å²) in [7, 11) is 0. The maximum absolute atomic E-state index is 4.42. The summed E-state index contributed by atoms with van der Waals surface area (Å²) in [6, 6.07) is 28.5. The van der Waals surface area contributed by atoms with Crippen LogP contribution in [0.25, 0.3) is 20.3 Å². The van der Waals surface area contributed by atoms with E-state index in [0.717, 1.165) is 41.0 Å². The molecule has 0 aliphatic rings.